The number of amides is 1. The van der Waals surface area contributed by atoms with Crippen molar-refractivity contribution in [1.29, 1.82) is 0 Å². The number of benzene rings is 1. The van der Waals surface area contributed by atoms with Gasteiger partial charge in [0.05, 0.1) is 23.7 Å². The molecule has 5 heteroatoms. The zero-order chi connectivity index (χ0) is 13.0. The second-order valence-electron chi connectivity index (χ2n) is 4.38. The Morgan fingerprint density at radius 3 is 3.06 bits per heavy atom. The van der Waals surface area contributed by atoms with E-state index in [9.17, 15) is 4.79 Å². The highest BCUT2D eigenvalue weighted by atomic mass is 35.5. The Morgan fingerprint density at radius 1 is 1.56 bits per heavy atom. The fourth-order valence-corrected chi connectivity index (χ4v) is 2.20. The van der Waals surface area contributed by atoms with Crippen LogP contribution in [0.25, 0.3) is 0 Å². The molecule has 98 valence electrons. The number of rotatable bonds is 3. The third kappa shape index (κ3) is 3.15. The first-order chi connectivity index (χ1) is 8.70. The van der Waals surface area contributed by atoms with Crippen LogP contribution in [-0.4, -0.2) is 26.1 Å². The van der Waals surface area contributed by atoms with Gasteiger partial charge in [-0.1, -0.05) is 11.6 Å². The van der Waals surface area contributed by atoms with E-state index in [-0.39, 0.29) is 11.8 Å². The van der Waals surface area contributed by atoms with Gasteiger partial charge in [-0.05, 0) is 31.5 Å². The van der Waals surface area contributed by atoms with Gasteiger partial charge < -0.3 is 15.4 Å². The minimum absolute atomic E-state index is 0.0114. The summed E-state index contributed by atoms with van der Waals surface area (Å²) >= 11 is 6.05. The van der Waals surface area contributed by atoms with E-state index in [0.717, 1.165) is 25.9 Å². The maximum Gasteiger partial charge on any atom is 0.228 e. The van der Waals surface area contributed by atoms with Gasteiger partial charge in [-0.15, -0.1) is 0 Å². The van der Waals surface area contributed by atoms with Gasteiger partial charge >= 0.3 is 0 Å². The molecule has 0 saturated carbocycles. The molecule has 0 bridgehead atoms. The lowest BCUT2D eigenvalue weighted by atomic mass is 9.99. The molecule has 1 aromatic rings. The highest BCUT2D eigenvalue weighted by Crippen LogP contribution is 2.27. The number of piperidine rings is 1. The van der Waals surface area contributed by atoms with Crippen molar-refractivity contribution in [3.05, 3.63) is 23.2 Å². The van der Waals surface area contributed by atoms with Crippen LogP contribution in [0.1, 0.15) is 12.8 Å². The van der Waals surface area contributed by atoms with Crippen molar-refractivity contribution in [3.8, 4) is 5.75 Å². The maximum absolute atomic E-state index is 12.1. The minimum atomic E-state index is 0.0114. The van der Waals surface area contributed by atoms with Crippen molar-refractivity contribution < 1.29 is 9.53 Å². The van der Waals surface area contributed by atoms with E-state index in [4.69, 9.17) is 16.3 Å². The van der Waals surface area contributed by atoms with Gasteiger partial charge in [0, 0.05) is 12.6 Å². The summed E-state index contributed by atoms with van der Waals surface area (Å²) < 4.78 is 5.11. The zero-order valence-electron chi connectivity index (χ0n) is 10.3. The van der Waals surface area contributed by atoms with E-state index >= 15 is 0 Å². The summed E-state index contributed by atoms with van der Waals surface area (Å²) in [6.07, 6.45) is 1.95. The lowest BCUT2D eigenvalue weighted by molar-refractivity contribution is -0.120. The summed E-state index contributed by atoms with van der Waals surface area (Å²) in [6.45, 7) is 1.72. The highest BCUT2D eigenvalue weighted by molar-refractivity contribution is 6.33. The van der Waals surface area contributed by atoms with Crippen LogP contribution in [0, 0.1) is 5.92 Å². The smallest absolute Gasteiger partial charge is 0.228 e. The first kappa shape index (κ1) is 13.2. The van der Waals surface area contributed by atoms with Crippen LogP contribution in [0.2, 0.25) is 5.02 Å². The lowest BCUT2D eigenvalue weighted by Gasteiger charge is -2.22. The van der Waals surface area contributed by atoms with Crippen molar-refractivity contribution in [1.82, 2.24) is 5.32 Å². The Kier molecular flexibility index (Phi) is 4.44. The van der Waals surface area contributed by atoms with Crippen molar-refractivity contribution >= 4 is 23.2 Å². The molecule has 1 atom stereocenters. The van der Waals surface area contributed by atoms with E-state index in [1.54, 1.807) is 25.3 Å². The third-order valence-corrected chi connectivity index (χ3v) is 3.43. The van der Waals surface area contributed by atoms with Gasteiger partial charge in [-0.3, -0.25) is 4.79 Å². The molecule has 2 N–H and O–H groups in total. The molecule has 2 rings (SSSR count). The van der Waals surface area contributed by atoms with E-state index in [1.165, 1.54) is 0 Å². The largest absolute Gasteiger partial charge is 0.497 e. The third-order valence-electron chi connectivity index (χ3n) is 3.10. The summed E-state index contributed by atoms with van der Waals surface area (Å²) in [7, 11) is 1.58. The average molecular weight is 269 g/mol. The van der Waals surface area contributed by atoms with Crippen LogP contribution in [0.4, 0.5) is 5.69 Å². The van der Waals surface area contributed by atoms with Gasteiger partial charge in [0.25, 0.3) is 0 Å². The molecule has 1 aliphatic heterocycles. The molecule has 1 heterocycles. The van der Waals surface area contributed by atoms with E-state index in [2.05, 4.69) is 10.6 Å². The monoisotopic (exact) mass is 268 g/mol. The van der Waals surface area contributed by atoms with E-state index in [0.29, 0.717) is 16.5 Å². The van der Waals surface area contributed by atoms with Crippen molar-refractivity contribution in [2.75, 3.05) is 25.5 Å². The molecule has 1 aromatic carbocycles. The van der Waals surface area contributed by atoms with Crippen molar-refractivity contribution in [2.45, 2.75) is 12.8 Å². The van der Waals surface area contributed by atoms with Crippen molar-refractivity contribution in [2.24, 2.45) is 5.92 Å². The van der Waals surface area contributed by atoms with Crippen LogP contribution >= 0.6 is 11.6 Å². The molecular formula is C13H17ClN2O2. The minimum Gasteiger partial charge on any atom is -0.497 e. The number of anilines is 1. The molecular weight excluding hydrogens is 252 g/mol. The number of halogens is 1. The molecule has 1 aliphatic rings. The second kappa shape index (κ2) is 6.07. The van der Waals surface area contributed by atoms with Crippen LogP contribution < -0.4 is 15.4 Å². The van der Waals surface area contributed by atoms with Crippen LogP contribution in [0.3, 0.4) is 0 Å². The topological polar surface area (TPSA) is 50.4 Å². The summed E-state index contributed by atoms with van der Waals surface area (Å²) in [4.78, 5) is 12.1. The molecule has 4 nitrogen and oxygen atoms in total. The molecule has 18 heavy (non-hydrogen) atoms. The Hall–Kier alpha value is -1.26. The Balaban J connectivity index is 2.05. The molecule has 1 fully saturated rings. The van der Waals surface area contributed by atoms with Crippen LogP contribution in [0.5, 0.6) is 5.75 Å². The summed E-state index contributed by atoms with van der Waals surface area (Å²) in [5.41, 5.74) is 0.603. The number of nitrogens with one attached hydrogen (secondary N) is 2. The Bertz CT molecular complexity index is 431. The normalized spacial score (nSPS) is 19.3. The van der Waals surface area contributed by atoms with Gasteiger partial charge in [-0.2, -0.15) is 0 Å². The van der Waals surface area contributed by atoms with Gasteiger partial charge in [0.15, 0.2) is 0 Å². The molecule has 1 saturated heterocycles. The second-order valence-corrected chi connectivity index (χ2v) is 4.79. The number of carbonyl (C=O) groups is 1. The molecule has 0 aromatic heterocycles. The molecule has 1 amide bonds. The predicted molar refractivity (Wildman–Crippen MR) is 72.2 cm³/mol. The number of carbonyl (C=O) groups excluding carboxylic acids is 1. The average Bonchev–Trinajstić information content (AvgIpc) is 2.42. The standard InChI is InChI=1S/C13H17ClN2O2/c1-18-10-4-5-11(14)12(7-10)16-13(17)9-3-2-6-15-8-9/h4-5,7,9,15H,2-3,6,8H2,1H3,(H,16,17)/t9-/m0/s1. The zero-order valence-corrected chi connectivity index (χ0v) is 11.1. The van der Waals surface area contributed by atoms with Gasteiger partial charge in [0.2, 0.25) is 5.91 Å². The Morgan fingerprint density at radius 2 is 2.39 bits per heavy atom. The quantitative estimate of drug-likeness (QED) is 0.884. The highest BCUT2D eigenvalue weighted by Gasteiger charge is 2.21. The van der Waals surface area contributed by atoms with Gasteiger partial charge in [-0.25, -0.2) is 0 Å². The SMILES string of the molecule is COc1ccc(Cl)c(NC(=O)[C@H]2CCCNC2)c1. The predicted octanol–water partition coefficient (Wildman–Crippen LogP) is 2.29. The number of methoxy groups -OCH3 is 1. The van der Waals surface area contributed by atoms with Crippen LogP contribution in [-0.2, 0) is 4.79 Å². The van der Waals surface area contributed by atoms with Gasteiger partial charge in [0.1, 0.15) is 5.75 Å². The molecule has 0 aliphatic carbocycles. The molecule has 0 radical (unpaired) electrons. The van der Waals surface area contributed by atoms with E-state index < -0.39 is 0 Å². The van der Waals surface area contributed by atoms with E-state index in [1.807, 2.05) is 0 Å². The first-order valence-electron chi connectivity index (χ1n) is 6.06. The Labute approximate surface area is 112 Å². The lowest BCUT2D eigenvalue weighted by Crippen LogP contribution is -2.37. The number of ether oxygens (including phenoxy) is 1. The maximum atomic E-state index is 12.1. The number of hydrogen-bond donors (Lipinski definition) is 2. The summed E-state index contributed by atoms with van der Waals surface area (Å²) in [5, 5.41) is 6.61. The fourth-order valence-electron chi connectivity index (χ4n) is 2.04. The summed E-state index contributed by atoms with van der Waals surface area (Å²) in [5.74, 6) is 0.704. The summed E-state index contributed by atoms with van der Waals surface area (Å²) in [6, 6.07) is 5.21. The molecule has 0 spiro atoms. The number of hydrogen-bond acceptors (Lipinski definition) is 3. The molecule has 0 unspecified atom stereocenters. The first-order valence-corrected chi connectivity index (χ1v) is 6.43. The fraction of sp³-hybridized carbons (Fsp3) is 0.462. The van der Waals surface area contributed by atoms with Crippen LogP contribution in [0.15, 0.2) is 18.2 Å². The van der Waals surface area contributed by atoms with Crippen molar-refractivity contribution in [3.63, 3.8) is 0 Å².